The van der Waals surface area contributed by atoms with Crippen molar-refractivity contribution in [2.24, 2.45) is 0 Å². The zero-order valence-corrected chi connectivity index (χ0v) is 19.1. The van der Waals surface area contributed by atoms with E-state index in [1.165, 1.54) is 34.9 Å². The molecule has 3 N–H and O–H groups in total. The summed E-state index contributed by atoms with van der Waals surface area (Å²) < 4.78 is 27.0. The lowest BCUT2D eigenvalue weighted by atomic mass is 10.2. The van der Waals surface area contributed by atoms with Gasteiger partial charge < -0.3 is 15.7 Å². The summed E-state index contributed by atoms with van der Waals surface area (Å²) in [5.74, 6) is -0.309. The van der Waals surface area contributed by atoms with Crippen LogP contribution in [-0.2, 0) is 10.0 Å². The van der Waals surface area contributed by atoms with Crippen LogP contribution < -0.4 is 10.6 Å². The Morgan fingerprint density at radius 2 is 1.64 bits per heavy atom. The third kappa shape index (κ3) is 5.41. The Balaban J connectivity index is 1.40. The van der Waals surface area contributed by atoms with Gasteiger partial charge in [0.15, 0.2) is 0 Å². The molecule has 0 radical (unpaired) electrons. The molecule has 1 amide bonds. The van der Waals surface area contributed by atoms with Crippen molar-refractivity contribution in [2.45, 2.75) is 24.2 Å². The summed E-state index contributed by atoms with van der Waals surface area (Å²) in [4.78, 5) is 20.9. The molecule has 0 spiro atoms. The standard InChI is InChI=1S/C22H22ClN5O4S/c23-20-9-6-17(29)12-19(20)21(30)26-16-13-24-22(25-14-16)27-15-4-7-18(8-5-15)33(31,32)28-10-2-1-3-11-28/h4-9,12-14,29H,1-3,10-11H2,(H,26,30)(H,24,25,27). The normalized spacial score (nSPS) is 14.6. The number of carbonyl (C=O) groups is 1. The van der Waals surface area contributed by atoms with Crippen molar-refractivity contribution in [3.05, 3.63) is 65.4 Å². The molecule has 2 heterocycles. The van der Waals surface area contributed by atoms with Crippen LogP contribution >= 0.6 is 11.6 Å². The first-order chi connectivity index (χ1) is 15.8. The number of aromatic hydroxyl groups is 1. The number of benzene rings is 2. The maximum absolute atomic E-state index is 12.7. The van der Waals surface area contributed by atoms with E-state index in [9.17, 15) is 18.3 Å². The summed E-state index contributed by atoms with van der Waals surface area (Å²) in [5, 5.41) is 15.4. The van der Waals surface area contributed by atoms with Gasteiger partial charge in [0.1, 0.15) is 5.75 Å². The number of nitrogens with one attached hydrogen (secondary N) is 2. The summed E-state index contributed by atoms with van der Waals surface area (Å²) in [7, 11) is -3.49. The van der Waals surface area contributed by atoms with E-state index < -0.39 is 15.9 Å². The quantitative estimate of drug-likeness (QED) is 0.479. The second-order valence-electron chi connectivity index (χ2n) is 7.53. The fourth-order valence-electron chi connectivity index (χ4n) is 3.44. The molecular formula is C22H22ClN5O4S. The van der Waals surface area contributed by atoms with Gasteiger partial charge in [-0.15, -0.1) is 0 Å². The molecule has 2 aromatic carbocycles. The van der Waals surface area contributed by atoms with Gasteiger partial charge in [-0.1, -0.05) is 18.0 Å². The van der Waals surface area contributed by atoms with Gasteiger partial charge in [-0.3, -0.25) is 4.79 Å². The maximum atomic E-state index is 12.7. The van der Waals surface area contributed by atoms with Crippen molar-refractivity contribution >= 4 is 44.9 Å². The molecule has 172 valence electrons. The van der Waals surface area contributed by atoms with E-state index >= 15 is 0 Å². The number of halogens is 1. The topological polar surface area (TPSA) is 125 Å². The lowest BCUT2D eigenvalue weighted by molar-refractivity contribution is 0.102. The zero-order chi connectivity index (χ0) is 23.4. The number of rotatable bonds is 6. The highest BCUT2D eigenvalue weighted by molar-refractivity contribution is 7.89. The second-order valence-corrected chi connectivity index (χ2v) is 9.87. The van der Waals surface area contributed by atoms with Crippen LogP contribution in [0.25, 0.3) is 0 Å². The Labute approximate surface area is 196 Å². The highest BCUT2D eigenvalue weighted by atomic mass is 35.5. The fourth-order valence-corrected chi connectivity index (χ4v) is 5.16. The molecule has 1 saturated heterocycles. The number of aromatic nitrogens is 2. The van der Waals surface area contributed by atoms with Gasteiger partial charge in [0, 0.05) is 18.8 Å². The summed E-state index contributed by atoms with van der Waals surface area (Å²) in [6.45, 7) is 1.10. The third-order valence-corrected chi connectivity index (χ3v) is 7.41. The lowest BCUT2D eigenvalue weighted by Gasteiger charge is -2.25. The van der Waals surface area contributed by atoms with E-state index in [4.69, 9.17) is 11.6 Å². The molecule has 1 aliphatic heterocycles. The Kier molecular flexibility index (Phi) is 6.77. The molecule has 1 aliphatic rings. The number of nitrogens with zero attached hydrogens (tertiary/aromatic N) is 3. The van der Waals surface area contributed by atoms with E-state index in [-0.39, 0.29) is 27.2 Å². The number of piperidine rings is 1. The Morgan fingerprint density at radius 3 is 2.30 bits per heavy atom. The van der Waals surface area contributed by atoms with Crippen LogP contribution in [0.4, 0.5) is 17.3 Å². The molecule has 1 fully saturated rings. The zero-order valence-electron chi connectivity index (χ0n) is 17.5. The van der Waals surface area contributed by atoms with Gasteiger partial charge >= 0.3 is 0 Å². The van der Waals surface area contributed by atoms with Gasteiger partial charge in [-0.2, -0.15) is 4.31 Å². The number of phenols is 1. The largest absolute Gasteiger partial charge is 0.508 e. The summed E-state index contributed by atoms with van der Waals surface area (Å²) in [6, 6.07) is 10.5. The number of hydrogen-bond donors (Lipinski definition) is 3. The van der Waals surface area contributed by atoms with Gasteiger partial charge in [-0.25, -0.2) is 18.4 Å². The minimum absolute atomic E-state index is 0.0740. The minimum Gasteiger partial charge on any atom is -0.508 e. The van der Waals surface area contributed by atoms with Crippen LogP contribution in [0.2, 0.25) is 5.02 Å². The Bertz CT molecular complexity index is 1240. The van der Waals surface area contributed by atoms with Crippen LogP contribution in [0, 0.1) is 0 Å². The van der Waals surface area contributed by atoms with E-state index in [1.54, 1.807) is 24.3 Å². The summed E-state index contributed by atoms with van der Waals surface area (Å²) in [6.07, 6.45) is 5.65. The molecule has 0 atom stereocenters. The van der Waals surface area contributed by atoms with Crippen molar-refractivity contribution in [3.63, 3.8) is 0 Å². The molecule has 3 aromatic rings. The Morgan fingerprint density at radius 1 is 0.970 bits per heavy atom. The van der Waals surface area contributed by atoms with Crippen molar-refractivity contribution in [3.8, 4) is 5.75 Å². The smallest absolute Gasteiger partial charge is 0.257 e. The second kappa shape index (κ2) is 9.74. The van der Waals surface area contributed by atoms with Crippen LogP contribution in [0.1, 0.15) is 29.6 Å². The predicted octanol–water partition coefficient (Wildman–Crippen LogP) is 4.01. The predicted molar refractivity (Wildman–Crippen MR) is 125 cm³/mol. The molecule has 11 heteroatoms. The molecule has 1 aromatic heterocycles. The van der Waals surface area contributed by atoms with E-state index in [0.717, 1.165) is 19.3 Å². The summed E-state index contributed by atoms with van der Waals surface area (Å²) in [5.41, 5.74) is 1.09. The Hall–Kier alpha value is -3.21. The molecule has 4 rings (SSSR count). The number of anilines is 3. The highest BCUT2D eigenvalue weighted by Gasteiger charge is 2.25. The minimum atomic E-state index is -3.49. The van der Waals surface area contributed by atoms with Crippen molar-refractivity contribution in [1.82, 2.24) is 14.3 Å². The lowest BCUT2D eigenvalue weighted by Crippen LogP contribution is -2.35. The summed E-state index contributed by atoms with van der Waals surface area (Å²) >= 11 is 6.00. The maximum Gasteiger partial charge on any atom is 0.257 e. The van der Waals surface area contributed by atoms with Crippen LogP contribution in [0.3, 0.4) is 0 Å². The molecule has 33 heavy (non-hydrogen) atoms. The highest BCUT2D eigenvalue weighted by Crippen LogP contribution is 2.24. The molecule has 0 bridgehead atoms. The molecule has 0 aliphatic carbocycles. The van der Waals surface area contributed by atoms with Gasteiger partial charge in [-0.05, 0) is 55.3 Å². The van der Waals surface area contributed by atoms with Gasteiger partial charge in [0.05, 0.1) is 33.6 Å². The number of amides is 1. The van der Waals surface area contributed by atoms with Crippen molar-refractivity contribution in [2.75, 3.05) is 23.7 Å². The monoisotopic (exact) mass is 487 g/mol. The first-order valence-electron chi connectivity index (χ1n) is 10.3. The number of sulfonamides is 1. The van der Waals surface area contributed by atoms with E-state index in [0.29, 0.717) is 24.5 Å². The average Bonchev–Trinajstić information content (AvgIpc) is 2.83. The van der Waals surface area contributed by atoms with E-state index in [2.05, 4.69) is 20.6 Å². The fraction of sp³-hybridized carbons (Fsp3) is 0.227. The molecule has 9 nitrogen and oxygen atoms in total. The third-order valence-electron chi connectivity index (χ3n) is 5.17. The van der Waals surface area contributed by atoms with Crippen LogP contribution in [0.5, 0.6) is 5.75 Å². The number of hydrogen-bond acceptors (Lipinski definition) is 7. The first-order valence-corrected chi connectivity index (χ1v) is 12.1. The molecular weight excluding hydrogens is 466 g/mol. The molecule has 0 saturated carbocycles. The SMILES string of the molecule is O=C(Nc1cnc(Nc2ccc(S(=O)(=O)N3CCCCC3)cc2)nc1)c1cc(O)ccc1Cl. The van der Waals surface area contributed by atoms with Crippen molar-refractivity contribution in [1.29, 1.82) is 0 Å². The molecule has 0 unspecified atom stereocenters. The van der Waals surface area contributed by atoms with Crippen molar-refractivity contribution < 1.29 is 18.3 Å². The van der Waals surface area contributed by atoms with Gasteiger partial charge in [0.25, 0.3) is 5.91 Å². The van der Waals surface area contributed by atoms with Crippen LogP contribution in [0.15, 0.2) is 59.8 Å². The van der Waals surface area contributed by atoms with Crippen LogP contribution in [-0.4, -0.2) is 46.8 Å². The number of carbonyl (C=O) groups excluding carboxylic acids is 1. The van der Waals surface area contributed by atoms with Gasteiger partial charge in [0.2, 0.25) is 16.0 Å². The van der Waals surface area contributed by atoms with E-state index in [1.807, 2.05) is 0 Å². The first kappa shape index (κ1) is 23.0. The average molecular weight is 488 g/mol. The number of phenolic OH excluding ortho intramolecular Hbond substituents is 1.